The molecule has 0 aliphatic heterocycles. The van der Waals surface area contributed by atoms with Crippen LogP contribution in [0.15, 0.2) is 47.6 Å². The molecule has 2 aromatic carbocycles. The Bertz CT molecular complexity index is 1090. The van der Waals surface area contributed by atoms with Crippen molar-refractivity contribution >= 4 is 29.7 Å². The highest BCUT2D eigenvalue weighted by Gasteiger charge is 2.11. The fourth-order valence-electron chi connectivity index (χ4n) is 2.54. The Morgan fingerprint density at radius 3 is 2.08 bits per heavy atom. The molecule has 0 bridgehead atoms. The van der Waals surface area contributed by atoms with Crippen LogP contribution in [-0.4, -0.2) is 62.0 Å². The van der Waals surface area contributed by atoms with Gasteiger partial charge in [0, 0.05) is 23.8 Å². The maximum absolute atomic E-state index is 12.0. The second-order valence-electron chi connectivity index (χ2n) is 6.72. The summed E-state index contributed by atoms with van der Waals surface area (Å²) in [5, 5.41) is 14.5. The number of rotatable bonds is 14. The normalized spacial score (nSPS) is 10.4. The third-order valence-electron chi connectivity index (χ3n) is 4.11. The van der Waals surface area contributed by atoms with Gasteiger partial charge in [-0.1, -0.05) is 0 Å². The molecule has 36 heavy (non-hydrogen) atoms. The van der Waals surface area contributed by atoms with Crippen molar-refractivity contribution in [1.29, 1.82) is 0 Å². The molecule has 0 spiro atoms. The average molecular weight is 503 g/mol. The highest BCUT2D eigenvalue weighted by molar-refractivity contribution is 5.86. The van der Waals surface area contributed by atoms with Crippen molar-refractivity contribution < 1.29 is 43.0 Å². The summed E-state index contributed by atoms with van der Waals surface area (Å²) in [6.07, 6.45) is 1.28. The van der Waals surface area contributed by atoms with Crippen LogP contribution in [0, 0.1) is 10.1 Å². The van der Waals surface area contributed by atoms with Crippen LogP contribution in [0.4, 0.5) is 5.69 Å². The molecule has 0 saturated heterocycles. The van der Waals surface area contributed by atoms with Gasteiger partial charge in [0.1, 0.15) is 17.2 Å². The molecule has 0 unspecified atom stereocenters. The number of esters is 2. The molecule has 13 nitrogen and oxygen atoms in total. The van der Waals surface area contributed by atoms with E-state index in [4.69, 9.17) is 23.7 Å². The highest BCUT2D eigenvalue weighted by atomic mass is 16.6. The molecule has 0 heterocycles. The molecule has 2 rings (SSSR count). The van der Waals surface area contributed by atoms with Gasteiger partial charge in [0.2, 0.25) is 0 Å². The summed E-state index contributed by atoms with van der Waals surface area (Å²) in [7, 11) is 0. The predicted octanol–water partition coefficient (Wildman–Crippen LogP) is 2.01. The highest BCUT2D eigenvalue weighted by Crippen LogP contribution is 2.24. The van der Waals surface area contributed by atoms with E-state index in [1.165, 1.54) is 42.6 Å². The van der Waals surface area contributed by atoms with Gasteiger partial charge in [-0.15, -0.1) is 0 Å². The number of hydrogen-bond donors (Lipinski definition) is 1. The smallest absolute Gasteiger partial charge is 0.344 e. The van der Waals surface area contributed by atoms with Gasteiger partial charge in [-0.3, -0.25) is 14.9 Å². The second-order valence-corrected chi connectivity index (χ2v) is 6.72. The van der Waals surface area contributed by atoms with E-state index in [9.17, 15) is 24.5 Å². The zero-order chi connectivity index (χ0) is 26.3. The summed E-state index contributed by atoms with van der Waals surface area (Å²) in [5.41, 5.74) is 2.56. The number of carbonyl (C=O) groups excluding carboxylic acids is 3. The SMILES string of the molecule is CCOC(=O)COc1ccc(C=NNC(=O)COc2ccc([N+](=O)[O-])cc2)c(OCC(=O)OCC)c1. The summed E-state index contributed by atoms with van der Waals surface area (Å²) in [4.78, 5) is 45.3. The van der Waals surface area contributed by atoms with Gasteiger partial charge in [-0.05, 0) is 38.1 Å². The van der Waals surface area contributed by atoms with E-state index < -0.39 is 22.8 Å². The van der Waals surface area contributed by atoms with Crippen molar-refractivity contribution in [2.24, 2.45) is 5.10 Å². The van der Waals surface area contributed by atoms with E-state index in [0.717, 1.165) is 0 Å². The Morgan fingerprint density at radius 1 is 0.889 bits per heavy atom. The van der Waals surface area contributed by atoms with Crippen LogP contribution < -0.4 is 19.6 Å². The Kier molecular flexibility index (Phi) is 11.1. The van der Waals surface area contributed by atoms with Crippen LogP contribution in [-0.2, 0) is 23.9 Å². The summed E-state index contributed by atoms with van der Waals surface area (Å²) in [6, 6.07) is 9.77. The van der Waals surface area contributed by atoms with Crippen molar-refractivity contribution in [2.45, 2.75) is 13.8 Å². The van der Waals surface area contributed by atoms with E-state index in [1.54, 1.807) is 19.9 Å². The standard InChI is InChI=1S/C23H25N3O10/c1-3-32-22(28)14-35-19-8-5-16(20(11-19)36-15-23(29)33-4-2)12-24-25-21(27)13-34-18-9-6-17(7-10-18)26(30)31/h5-12H,3-4,13-15H2,1-2H3,(H,25,27). The monoisotopic (exact) mass is 503 g/mol. The minimum atomic E-state index is -0.590. The van der Waals surface area contributed by atoms with Crippen molar-refractivity contribution in [1.82, 2.24) is 5.43 Å². The van der Waals surface area contributed by atoms with E-state index in [0.29, 0.717) is 5.56 Å². The van der Waals surface area contributed by atoms with Crippen molar-refractivity contribution in [3.05, 3.63) is 58.1 Å². The molecular weight excluding hydrogens is 478 g/mol. The van der Waals surface area contributed by atoms with Gasteiger partial charge >= 0.3 is 11.9 Å². The Labute approximate surface area is 206 Å². The van der Waals surface area contributed by atoms with Crippen LogP contribution in [0.3, 0.4) is 0 Å². The lowest BCUT2D eigenvalue weighted by Gasteiger charge is -2.11. The van der Waals surface area contributed by atoms with Crippen molar-refractivity contribution in [3.63, 3.8) is 0 Å². The Hall–Kier alpha value is -4.68. The predicted molar refractivity (Wildman–Crippen MR) is 125 cm³/mol. The summed E-state index contributed by atoms with van der Waals surface area (Å²) in [5.74, 6) is -0.990. The van der Waals surface area contributed by atoms with Gasteiger partial charge in [0.05, 0.1) is 24.4 Å². The van der Waals surface area contributed by atoms with E-state index >= 15 is 0 Å². The molecular formula is C23H25N3O10. The van der Waals surface area contributed by atoms with Crippen molar-refractivity contribution in [2.75, 3.05) is 33.0 Å². The zero-order valence-electron chi connectivity index (χ0n) is 19.6. The molecule has 0 radical (unpaired) electrons. The number of hydrogen-bond acceptors (Lipinski definition) is 11. The molecule has 1 amide bonds. The number of nitrogens with zero attached hydrogens (tertiary/aromatic N) is 2. The fraction of sp³-hybridized carbons (Fsp3) is 0.304. The largest absolute Gasteiger partial charge is 0.484 e. The lowest BCUT2D eigenvalue weighted by molar-refractivity contribution is -0.384. The van der Waals surface area contributed by atoms with E-state index in [1.807, 2.05) is 0 Å². The first kappa shape index (κ1) is 27.6. The van der Waals surface area contributed by atoms with E-state index in [2.05, 4.69) is 10.5 Å². The fourth-order valence-corrected chi connectivity index (χ4v) is 2.54. The number of benzene rings is 2. The first-order valence-electron chi connectivity index (χ1n) is 10.7. The number of nitrogens with one attached hydrogen (secondary N) is 1. The van der Waals surface area contributed by atoms with Gasteiger partial charge < -0.3 is 23.7 Å². The second kappa shape index (κ2) is 14.6. The number of hydrazone groups is 1. The first-order valence-corrected chi connectivity index (χ1v) is 10.7. The number of nitro benzene ring substituents is 1. The van der Waals surface area contributed by atoms with E-state index in [-0.39, 0.29) is 56.0 Å². The van der Waals surface area contributed by atoms with Crippen LogP contribution in [0.25, 0.3) is 0 Å². The topological polar surface area (TPSA) is 165 Å². The van der Waals surface area contributed by atoms with Gasteiger partial charge in [0.25, 0.3) is 11.6 Å². The molecule has 0 aromatic heterocycles. The molecule has 0 aliphatic carbocycles. The number of carbonyl (C=O) groups is 3. The third-order valence-corrected chi connectivity index (χ3v) is 4.11. The molecule has 192 valence electrons. The van der Waals surface area contributed by atoms with Gasteiger partial charge in [-0.2, -0.15) is 5.10 Å². The van der Waals surface area contributed by atoms with Gasteiger partial charge in [-0.25, -0.2) is 15.0 Å². The molecule has 13 heteroatoms. The Balaban J connectivity index is 1.99. The summed E-state index contributed by atoms with van der Waals surface area (Å²) < 4.78 is 25.8. The number of non-ortho nitro benzene ring substituents is 1. The number of amides is 1. The van der Waals surface area contributed by atoms with Crippen LogP contribution in [0.5, 0.6) is 17.2 Å². The summed E-state index contributed by atoms with van der Waals surface area (Å²) >= 11 is 0. The van der Waals surface area contributed by atoms with Crippen LogP contribution >= 0.6 is 0 Å². The minimum Gasteiger partial charge on any atom is -0.484 e. The first-order chi connectivity index (χ1) is 17.3. The average Bonchev–Trinajstić information content (AvgIpc) is 2.86. The molecule has 1 N–H and O–H groups in total. The van der Waals surface area contributed by atoms with Crippen LogP contribution in [0.1, 0.15) is 19.4 Å². The maximum Gasteiger partial charge on any atom is 0.344 e. The molecule has 0 atom stereocenters. The molecule has 0 aliphatic rings. The van der Waals surface area contributed by atoms with Crippen molar-refractivity contribution in [3.8, 4) is 17.2 Å². The van der Waals surface area contributed by atoms with Crippen LogP contribution in [0.2, 0.25) is 0 Å². The maximum atomic E-state index is 12.0. The molecule has 2 aromatic rings. The zero-order valence-corrected chi connectivity index (χ0v) is 19.6. The molecule has 0 saturated carbocycles. The lowest BCUT2D eigenvalue weighted by atomic mass is 10.2. The lowest BCUT2D eigenvalue weighted by Crippen LogP contribution is -2.24. The minimum absolute atomic E-state index is 0.102. The third kappa shape index (κ3) is 9.67. The summed E-state index contributed by atoms with van der Waals surface area (Å²) in [6.45, 7) is 2.65. The molecule has 0 fully saturated rings. The number of nitro groups is 1. The Morgan fingerprint density at radius 2 is 1.47 bits per heavy atom. The number of ether oxygens (including phenoxy) is 5. The quantitative estimate of drug-likeness (QED) is 0.174. The van der Waals surface area contributed by atoms with Gasteiger partial charge in [0.15, 0.2) is 19.8 Å².